The smallest absolute Gasteiger partial charge is 0.254 e. The normalized spacial score (nSPS) is 11.4. The maximum absolute atomic E-state index is 13.7. The first-order chi connectivity index (χ1) is 9.58. The topological polar surface area (TPSA) is 49.3 Å². The lowest BCUT2D eigenvalue weighted by Crippen LogP contribution is -2.29. The number of amides is 1. The molecule has 1 atom stereocenters. The molecule has 1 unspecified atom stereocenters. The lowest BCUT2D eigenvalue weighted by Gasteiger charge is -2.11. The molecule has 1 aromatic carbocycles. The predicted octanol–water partition coefficient (Wildman–Crippen LogP) is 1.90. The standard InChI is InChI=1S/C15H18FNO2S/c1-11(10-20-2)9-17-15(19)13-8-12(4-3-7-18)5-6-14(13)16/h5-6,8,11,18H,7,9-10H2,1-2H3,(H,17,19). The third-order valence-corrected chi connectivity index (χ3v) is 3.49. The molecule has 108 valence electrons. The van der Waals surface area contributed by atoms with Gasteiger partial charge in [0.25, 0.3) is 5.91 Å². The summed E-state index contributed by atoms with van der Waals surface area (Å²) in [5.41, 5.74) is 0.480. The SMILES string of the molecule is CSCC(C)CNC(=O)c1cc(C#CCO)ccc1F. The Morgan fingerprint density at radius 1 is 1.55 bits per heavy atom. The number of hydrogen-bond acceptors (Lipinski definition) is 3. The van der Waals surface area contributed by atoms with Crippen molar-refractivity contribution in [3.05, 3.63) is 35.1 Å². The molecular weight excluding hydrogens is 277 g/mol. The summed E-state index contributed by atoms with van der Waals surface area (Å²) in [4.78, 5) is 11.9. The molecule has 2 N–H and O–H groups in total. The maximum atomic E-state index is 13.7. The van der Waals surface area contributed by atoms with Gasteiger partial charge in [-0.15, -0.1) is 0 Å². The van der Waals surface area contributed by atoms with E-state index >= 15 is 0 Å². The fourth-order valence-electron chi connectivity index (χ4n) is 1.62. The van der Waals surface area contributed by atoms with Crippen molar-refractivity contribution < 1.29 is 14.3 Å². The zero-order chi connectivity index (χ0) is 15.0. The number of aliphatic hydroxyl groups is 1. The summed E-state index contributed by atoms with van der Waals surface area (Å²) in [5, 5.41) is 11.3. The first kappa shape index (κ1) is 16.5. The fourth-order valence-corrected chi connectivity index (χ4v) is 2.31. The van der Waals surface area contributed by atoms with Crippen LogP contribution < -0.4 is 5.32 Å². The van der Waals surface area contributed by atoms with E-state index in [9.17, 15) is 9.18 Å². The molecule has 20 heavy (non-hydrogen) atoms. The molecule has 0 saturated carbocycles. The number of carbonyl (C=O) groups is 1. The van der Waals surface area contributed by atoms with Crippen molar-refractivity contribution in [1.29, 1.82) is 0 Å². The summed E-state index contributed by atoms with van der Waals surface area (Å²) in [6.07, 6.45) is 2.00. The van der Waals surface area contributed by atoms with Crippen LogP contribution in [0.25, 0.3) is 0 Å². The van der Waals surface area contributed by atoms with Crippen molar-refractivity contribution in [2.24, 2.45) is 5.92 Å². The average molecular weight is 295 g/mol. The Labute approximate surface area is 123 Å². The number of halogens is 1. The molecule has 0 aliphatic carbocycles. The number of rotatable bonds is 5. The Morgan fingerprint density at radius 2 is 2.30 bits per heavy atom. The zero-order valence-corrected chi connectivity index (χ0v) is 12.4. The Bertz CT molecular complexity index is 522. The van der Waals surface area contributed by atoms with E-state index in [1.807, 2.05) is 13.2 Å². The van der Waals surface area contributed by atoms with Gasteiger partial charge in [0.2, 0.25) is 0 Å². The second-order valence-corrected chi connectivity index (χ2v) is 5.34. The summed E-state index contributed by atoms with van der Waals surface area (Å²) in [6.45, 7) is 2.26. The van der Waals surface area contributed by atoms with E-state index in [-0.39, 0.29) is 12.2 Å². The van der Waals surface area contributed by atoms with Crippen LogP contribution in [-0.4, -0.2) is 36.2 Å². The molecule has 1 rings (SSSR count). The second kappa shape index (κ2) is 8.62. The lowest BCUT2D eigenvalue weighted by molar-refractivity contribution is 0.0945. The Morgan fingerprint density at radius 3 is 2.95 bits per heavy atom. The van der Waals surface area contributed by atoms with Gasteiger partial charge in [0.05, 0.1) is 5.56 Å². The van der Waals surface area contributed by atoms with Gasteiger partial charge in [0, 0.05) is 12.1 Å². The van der Waals surface area contributed by atoms with Gasteiger partial charge >= 0.3 is 0 Å². The fraction of sp³-hybridized carbons (Fsp3) is 0.400. The third kappa shape index (κ3) is 5.24. The molecule has 1 amide bonds. The number of nitrogens with one attached hydrogen (secondary N) is 1. The minimum absolute atomic E-state index is 0.0221. The molecule has 5 heteroatoms. The number of benzene rings is 1. The van der Waals surface area contributed by atoms with Gasteiger partial charge in [0.1, 0.15) is 12.4 Å². The quantitative estimate of drug-likeness (QED) is 0.816. The van der Waals surface area contributed by atoms with Crippen molar-refractivity contribution in [2.75, 3.05) is 25.2 Å². The highest BCUT2D eigenvalue weighted by atomic mass is 32.2. The Balaban J connectivity index is 2.76. The highest BCUT2D eigenvalue weighted by molar-refractivity contribution is 7.98. The van der Waals surface area contributed by atoms with Crippen LogP contribution in [0.4, 0.5) is 4.39 Å². The molecule has 0 radical (unpaired) electrons. The van der Waals surface area contributed by atoms with Gasteiger partial charge in [-0.05, 0) is 36.1 Å². The highest BCUT2D eigenvalue weighted by Gasteiger charge is 2.13. The summed E-state index contributed by atoms with van der Waals surface area (Å²) in [7, 11) is 0. The Hall–Kier alpha value is -1.51. The molecule has 0 aliphatic heterocycles. The largest absolute Gasteiger partial charge is 0.384 e. The van der Waals surface area contributed by atoms with E-state index in [1.54, 1.807) is 11.8 Å². The van der Waals surface area contributed by atoms with Crippen molar-refractivity contribution in [2.45, 2.75) is 6.92 Å². The van der Waals surface area contributed by atoms with Gasteiger partial charge in [-0.1, -0.05) is 18.8 Å². The van der Waals surface area contributed by atoms with Crippen molar-refractivity contribution in [3.8, 4) is 11.8 Å². The molecule has 0 aliphatic rings. The summed E-state index contributed by atoms with van der Waals surface area (Å²) in [5.74, 6) is 5.37. The Kier molecular flexibility index (Phi) is 7.13. The maximum Gasteiger partial charge on any atom is 0.254 e. The highest BCUT2D eigenvalue weighted by Crippen LogP contribution is 2.10. The molecule has 0 saturated heterocycles. The number of aliphatic hydroxyl groups excluding tert-OH is 1. The predicted molar refractivity (Wildman–Crippen MR) is 80.2 cm³/mol. The summed E-state index contributed by atoms with van der Waals surface area (Å²) in [6, 6.07) is 4.08. The molecule has 0 fully saturated rings. The third-order valence-electron chi connectivity index (χ3n) is 2.59. The van der Waals surface area contributed by atoms with Crippen LogP contribution in [0.15, 0.2) is 18.2 Å². The van der Waals surface area contributed by atoms with Gasteiger partial charge in [-0.2, -0.15) is 11.8 Å². The van der Waals surface area contributed by atoms with E-state index in [2.05, 4.69) is 17.2 Å². The van der Waals surface area contributed by atoms with Gasteiger partial charge < -0.3 is 10.4 Å². The molecular formula is C15H18FNO2S. The van der Waals surface area contributed by atoms with Crippen LogP contribution in [0.2, 0.25) is 0 Å². The van der Waals surface area contributed by atoms with Crippen LogP contribution in [0.3, 0.4) is 0 Å². The van der Waals surface area contributed by atoms with E-state index in [4.69, 9.17) is 5.11 Å². The lowest BCUT2D eigenvalue weighted by atomic mass is 10.1. The van der Waals surface area contributed by atoms with Gasteiger partial charge in [-0.25, -0.2) is 4.39 Å². The van der Waals surface area contributed by atoms with Gasteiger partial charge in [0.15, 0.2) is 0 Å². The van der Waals surface area contributed by atoms with Gasteiger partial charge in [-0.3, -0.25) is 4.79 Å². The van der Waals surface area contributed by atoms with Crippen molar-refractivity contribution in [3.63, 3.8) is 0 Å². The van der Waals surface area contributed by atoms with Crippen LogP contribution in [0.1, 0.15) is 22.8 Å². The van der Waals surface area contributed by atoms with E-state index in [1.165, 1.54) is 18.2 Å². The molecule has 0 heterocycles. The molecule has 0 spiro atoms. The minimum Gasteiger partial charge on any atom is -0.384 e. The number of thioether (sulfide) groups is 1. The van der Waals surface area contributed by atoms with Crippen molar-refractivity contribution >= 4 is 17.7 Å². The second-order valence-electron chi connectivity index (χ2n) is 4.43. The molecule has 3 nitrogen and oxygen atoms in total. The number of carbonyl (C=O) groups excluding carboxylic acids is 1. The van der Waals surface area contributed by atoms with Crippen LogP contribution in [0.5, 0.6) is 0 Å². The van der Waals surface area contributed by atoms with E-state index in [0.717, 1.165) is 5.75 Å². The monoisotopic (exact) mass is 295 g/mol. The first-order valence-electron chi connectivity index (χ1n) is 6.25. The summed E-state index contributed by atoms with van der Waals surface area (Å²) < 4.78 is 13.7. The average Bonchev–Trinajstić information content (AvgIpc) is 2.44. The van der Waals surface area contributed by atoms with E-state index in [0.29, 0.717) is 18.0 Å². The molecule has 0 bridgehead atoms. The summed E-state index contributed by atoms with van der Waals surface area (Å²) >= 11 is 1.70. The zero-order valence-electron chi connectivity index (χ0n) is 11.6. The van der Waals surface area contributed by atoms with Crippen LogP contribution in [0, 0.1) is 23.6 Å². The minimum atomic E-state index is -0.574. The van der Waals surface area contributed by atoms with Crippen molar-refractivity contribution in [1.82, 2.24) is 5.32 Å². The molecule has 1 aromatic rings. The van der Waals surface area contributed by atoms with Crippen LogP contribution in [-0.2, 0) is 0 Å². The van der Waals surface area contributed by atoms with Crippen LogP contribution >= 0.6 is 11.8 Å². The van der Waals surface area contributed by atoms with E-state index < -0.39 is 11.7 Å². The molecule has 0 aromatic heterocycles. The first-order valence-corrected chi connectivity index (χ1v) is 7.64. The number of hydrogen-bond donors (Lipinski definition) is 2.